The number of amides is 3. The molecule has 7 rings (SSSR count). The quantitative estimate of drug-likeness (QED) is 0.0899. The van der Waals surface area contributed by atoms with Crippen molar-refractivity contribution in [2.75, 3.05) is 18.4 Å². The number of hydrogen-bond donors (Lipinski definition) is 8. The van der Waals surface area contributed by atoms with Gasteiger partial charge < -0.3 is 46.3 Å². The number of rotatable bonds is 12. The van der Waals surface area contributed by atoms with Crippen molar-refractivity contribution in [1.82, 2.24) is 45.2 Å². The van der Waals surface area contributed by atoms with Crippen molar-refractivity contribution < 1.29 is 48.0 Å². The average Bonchev–Trinajstić information content (AvgIpc) is 3.97. The molecular formula is C40H47F3N10O7. The molecule has 0 bridgehead atoms. The third-order valence-electron chi connectivity index (χ3n) is 10.6. The highest BCUT2D eigenvalue weighted by molar-refractivity contribution is 5.94. The number of aliphatic carboxylic acids is 1. The predicted molar refractivity (Wildman–Crippen MR) is 211 cm³/mol. The number of carbonyl (C=O) groups excluding carboxylic acids is 2. The summed E-state index contributed by atoms with van der Waals surface area (Å²) in [5.41, 5.74) is 3.57. The number of carboxylic acid groups (broad SMARTS) is 1. The fraction of sp³-hybridized carbons (Fsp3) is 0.425. The lowest BCUT2D eigenvalue weighted by Gasteiger charge is -2.29. The van der Waals surface area contributed by atoms with Crippen molar-refractivity contribution in [2.24, 2.45) is 0 Å². The van der Waals surface area contributed by atoms with E-state index in [0.717, 1.165) is 24.0 Å². The number of hydrogen-bond acceptors (Lipinski definition) is 11. The van der Waals surface area contributed by atoms with E-state index in [1.807, 2.05) is 43.3 Å². The van der Waals surface area contributed by atoms with Gasteiger partial charge in [-0.3, -0.25) is 9.48 Å². The van der Waals surface area contributed by atoms with Gasteiger partial charge in [-0.2, -0.15) is 18.3 Å². The average molecular weight is 837 g/mol. The molecule has 320 valence electrons. The number of aliphatic hydroxyl groups is 3. The lowest BCUT2D eigenvalue weighted by atomic mass is 9.91. The van der Waals surface area contributed by atoms with Gasteiger partial charge in [0.15, 0.2) is 11.5 Å². The first kappa shape index (κ1) is 43.5. The Balaban J connectivity index is 0.000000793. The van der Waals surface area contributed by atoms with Crippen molar-refractivity contribution in [3.8, 4) is 0 Å². The van der Waals surface area contributed by atoms with Crippen molar-refractivity contribution in [3.63, 3.8) is 0 Å². The number of carboxylic acids is 1. The molecule has 3 amide bonds. The zero-order chi connectivity index (χ0) is 43.0. The summed E-state index contributed by atoms with van der Waals surface area (Å²) < 4.78 is 35.0. The Morgan fingerprint density at radius 1 is 0.883 bits per heavy atom. The van der Waals surface area contributed by atoms with Crippen LogP contribution in [0, 0.1) is 0 Å². The Hall–Kier alpha value is -6.12. The minimum absolute atomic E-state index is 0.0311. The largest absolute Gasteiger partial charge is 0.490 e. The lowest BCUT2D eigenvalue weighted by molar-refractivity contribution is -0.192. The highest BCUT2D eigenvalue weighted by atomic mass is 19.4. The zero-order valence-electron chi connectivity index (χ0n) is 32.5. The van der Waals surface area contributed by atoms with Crippen LogP contribution in [0.4, 0.5) is 23.8 Å². The van der Waals surface area contributed by atoms with Gasteiger partial charge in [-0.1, -0.05) is 60.7 Å². The number of benzene rings is 2. The molecule has 0 aliphatic heterocycles. The minimum Gasteiger partial charge on any atom is -0.475 e. The Labute approximate surface area is 342 Å². The van der Waals surface area contributed by atoms with E-state index in [2.05, 4.69) is 55.6 Å². The summed E-state index contributed by atoms with van der Waals surface area (Å²) in [5.74, 6) is -2.93. The van der Waals surface area contributed by atoms with Crippen LogP contribution in [-0.4, -0.2) is 111 Å². The number of aliphatic hydroxyl groups excluding tert-OH is 3. The second kappa shape index (κ2) is 19.3. The highest BCUT2D eigenvalue weighted by Crippen LogP contribution is 2.40. The first-order valence-electron chi connectivity index (χ1n) is 19.5. The van der Waals surface area contributed by atoms with Crippen molar-refractivity contribution in [1.29, 1.82) is 0 Å². The maximum Gasteiger partial charge on any atom is 0.490 e. The van der Waals surface area contributed by atoms with E-state index >= 15 is 0 Å². The summed E-state index contributed by atoms with van der Waals surface area (Å²) in [6.45, 7) is 2.67. The van der Waals surface area contributed by atoms with Crippen LogP contribution in [0.5, 0.6) is 0 Å². The van der Waals surface area contributed by atoms with E-state index in [1.54, 1.807) is 21.8 Å². The molecule has 0 spiro atoms. The van der Waals surface area contributed by atoms with Gasteiger partial charge in [0.25, 0.3) is 5.91 Å². The number of urea groups is 1. The first-order valence-corrected chi connectivity index (χ1v) is 19.5. The second-order valence-corrected chi connectivity index (χ2v) is 14.6. The summed E-state index contributed by atoms with van der Waals surface area (Å²) in [7, 11) is 0. The molecule has 2 aliphatic rings. The Bertz CT molecular complexity index is 2180. The fourth-order valence-corrected chi connectivity index (χ4v) is 7.58. The number of imidazole rings is 1. The molecule has 3 aromatic heterocycles. The maximum atomic E-state index is 13.9. The molecule has 2 aliphatic carbocycles. The molecule has 8 N–H and O–H groups in total. The van der Waals surface area contributed by atoms with E-state index in [0.29, 0.717) is 54.9 Å². The highest BCUT2D eigenvalue weighted by Gasteiger charge is 2.45. The maximum absolute atomic E-state index is 13.9. The Morgan fingerprint density at radius 3 is 2.02 bits per heavy atom. The van der Waals surface area contributed by atoms with Crippen LogP contribution in [0.25, 0.3) is 11.2 Å². The molecule has 2 fully saturated rings. The molecule has 17 nitrogen and oxygen atoms in total. The summed E-state index contributed by atoms with van der Waals surface area (Å²) in [5, 5.41) is 55.8. The summed E-state index contributed by atoms with van der Waals surface area (Å²) in [6, 6.07) is 18.8. The van der Waals surface area contributed by atoms with Crippen molar-refractivity contribution in [2.45, 2.75) is 94.1 Å². The van der Waals surface area contributed by atoms with E-state index in [-0.39, 0.29) is 36.5 Å². The summed E-state index contributed by atoms with van der Waals surface area (Å²) >= 11 is 0. The monoisotopic (exact) mass is 836 g/mol. The molecule has 20 heteroatoms. The van der Waals surface area contributed by atoms with Gasteiger partial charge in [-0.25, -0.2) is 24.5 Å². The number of aromatic nitrogens is 6. The molecule has 2 unspecified atom stereocenters. The normalized spacial score (nSPS) is 21.5. The molecule has 0 saturated heterocycles. The first-order chi connectivity index (χ1) is 28.8. The zero-order valence-corrected chi connectivity index (χ0v) is 32.5. The van der Waals surface area contributed by atoms with Gasteiger partial charge in [0.05, 0.1) is 31.2 Å². The minimum atomic E-state index is -5.08. The number of alkyl halides is 3. The molecule has 60 heavy (non-hydrogen) atoms. The van der Waals surface area contributed by atoms with Crippen molar-refractivity contribution >= 4 is 34.9 Å². The molecule has 2 aromatic carbocycles. The number of fused-ring (bicyclic) bond motifs is 1. The van der Waals surface area contributed by atoms with Crippen LogP contribution >= 0.6 is 0 Å². The van der Waals surface area contributed by atoms with Gasteiger partial charge in [-0.15, -0.1) is 0 Å². The van der Waals surface area contributed by atoms with Gasteiger partial charge in [0, 0.05) is 42.9 Å². The van der Waals surface area contributed by atoms with Crippen LogP contribution in [0.15, 0.2) is 79.4 Å². The van der Waals surface area contributed by atoms with Gasteiger partial charge in [0.1, 0.15) is 17.7 Å². The number of halogens is 3. The van der Waals surface area contributed by atoms with Crippen LogP contribution in [0.3, 0.4) is 0 Å². The third-order valence-corrected chi connectivity index (χ3v) is 10.6. The van der Waals surface area contributed by atoms with E-state index in [1.165, 1.54) is 6.20 Å². The predicted octanol–water partition coefficient (Wildman–Crippen LogP) is 3.66. The second-order valence-electron chi connectivity index (χ2n) is 14.6. The van der Waals surface area contributed by atoms with Gasteiger partial charge >= 0.3 is 18.2 Å². The SMILES string of the molecule is CCNC(=O)NC1CCC(NC(=O)c2nc(NCC(c3ccccc3)c3ccccc3)c3ncn([C@@H]4C[C@H](n5cc(CO)cn5)C(O)C4O)c3n2)CC1.O=C(O)C(F)(F)F. The Morgan fingerprint density at radius 2 is 1.47 bits per heavy atom. The fourth-order valence-electron chi connectivity index (χ4n) is 7.58. The number of anilines is 1. The number of nitrogens with one attached hydrogen (secondary N) is 4. The van der Waals surface area contributed by atoms with E-state index < -0.39 is 42.3 Å². The summed E-state index contributed by atoms with van der Waals surface area (Å²) in [4.78, 5) is 48.9. The van der Waals surface area contributed by atoms with Crippen LogP contribution < -0.4 is 21.3 Å². The molecule has 2 saturated carbocycles. The topological polar surface area (TPSA) is 242 Å². The molecule has 0 radical (unpaired) electrons. The van der Waals surface area contributed by atoms with Crippen LogP contribution in [-0.2, 0) is 11.4 Å². The van der Waals surface area contributed by atoms with Crippen LogP contribution in [0.2, 0.25) is 0 Å². The van der Waals surface area contributed by atoms with Gasteiger partial charge in [0.2, 0.25) is 5.82 Å². The Kier molecular flexibility index (Phi) is 14.0. The molecule has 5 aromatic rings. The lowest BCUT2D eigenvalue weighted by Crippen LogP contribution is -2.46. The van der Waals surface area contributed by atoms with E-state index in [4.69, 9.17) is 19.9 Å². The smallest absolute Gasteiger partial charge is 0.475 e. The van der Waals surface area contributed by atoms with Gasteiger partial charge in [-0.05, 0) is 50.2 Å². The number of nitrogens with zero attached hydrogens (tertiary/aromatic N) is 6. The van der Waals surface area contributed by atoms with Crippen molar-refractivity contribution in [3.05, 3.63) is 102 Å². The molecular weight excluding hydrogens is 789 g/mol. The molecule has 3 heterocycles. The standard InChI is InChI=1S/C38H46N10O5.C2HF3O2/c1-2-39-38(53)44-27-15-13-26(14-16-27)43-37(52)35-45-34(40-19-28(24-9-5-3-6-10-24)25-11-7-4-8-12-25)31-36(46-35)47(22-41-31)29-17-30(33(51)32(29)50)48-20-23(21-49)18-42-48;3-2(4,5)1(6)7/h3-12,18,20,22,26-30,32-33,49-51H,2,13-17,19,21H2,1H3,(H,43,52)(H2,39,44,53)(H,40,45,46);(H,6,7)/t26?,27?,29-,30+,32?,33?;/m1./s1. The number of carbonyl (C=O) groups is 3. The van der Waals surface area contributed by atoms with Crippen LogP contribution in [0.1, 0.15) is 84.3 Å². The van der Waals surface area contributed by atoms with E-state index in [9.17, 15) is 38.1 Å². The summed E-state index contributed by atoms with van der Waals surface area (Å²) in [6.07, 6.45) is 0.431. The third kappa shape index (κ3) is 10.4. The molecule has 4 atom stereocenters.